The number of carbonyl (C=O) groups is 2. The van der Waals surface area contributed by atoms with Crippen molar-refractivity contribution in [3.8, 4) is 0 Å². The fourth-order valence-electron chi connectivity index (χ4n) is 2.92. The number of anilines is 1. The van der Waals surface area contributed by atoms with Crippen molar-refractivity contribution in [3.05, 3.63) is 89.9 Å². The highest BCUT2D eigenvalue weighted by molar-refractivity contribution is 5.96. The molecular weight excluding hydrogens is 340 g/mol. The smallest absolute Gasteiger partial charge is 0.282 e. The third kappa shape index (κ3) is 4.71. The highest BCUT2D eigenvalue weighted by atomic mass is 16.3. The highest BCUT2D eigenvalue weighted by Crippen LogP contribution is 2.19. The molecule has 0 unspecified atom stereocenters. The fraction of sp³-hybridized carbons (Fsp3) is 0.182. The van der Waals surface area contributed by atoms with E-state index in [-0.39, 0.29) is 23.8 Å². The molecule has 0 aliphatic rings. The first-order chi connectivity index (χ1) is 13.0. The Labute approximate surface area is 158 Å². The first-order valence-corrected chi connectivity index (χ1v) is 8.90. The maximum Gasteiger partial charge on any atom is 0.282 e. The summed E-state index contributed by atoms with van der Waals surface area (Å²) in [5.41, 5.74) is 2.35. The van der Waals surface area contributed by atoms with Crippen LogP contribution in [0, 0.1) is 0 Å². The molecule has 0 spiro atoms. The second-order valence-corrected chi connectivity index (χ2v) is 6.51. The summed E-state index contributed by atoms with van der Waals surface area (Å²) in [5.74, 6) is 0.684. The van der Waals surface area contributed by atoms with Crippen LogP contribution in [0.25, 0.3) is 0 Å². The number of Topliss-reactive ketones (excluding diaryl/α,β-unsaturated/α-hetero) is 1. The summed E-state index contributed by atoms with van der Waals surface area (Å²) < 4.78 is 5.59. The van der Waals surface area contributed by atoms with Crippen molar-refractivity contribution < 1.29 is 19.3 Å². The SMILES string of the molecule is CC(=O)c1ccc(NC(=O)[C@H](C)[NH2+][C@@H](c2ccccc2)c2ccco2)cc1. The minimum Gasteiger partial charge on any atom is -0.463 e. The van der Waals surface area contributed by atoms with E-state index in [1.807, 2.05) is 54.7 Å². The molecule has 5 heteroatoms. The van der Waals surface area contributed by atoms with E-state index in [0.29, 0.717) is 11.3 Å². The average Bonchev–Trinajstić information content (AvgIpc) is 3.21. The molecule has 5 nitrogen and oxygen atoms in total. The average molecular weight is 363 g/mol. The summed E-state index contributed by atoms with van der Waals surface area (Å²) in [6.07, 6.45) is 1.64. The lowest BCUT2D eigenvalue weighted by Gasteiger charge is -2.18. The molecule has 1 heterocycles. The van der Waals surface area contributed by atoms with Crippen LogP contribution in [-0.4, -0.2) is 17.7 Å². The molecule has 27 heavy (non-hydrogen) atoms. The van der Waals surface area contributed by atoms with Crippen LogP contribution in [0.15, 0.2) is 77.4 Å². The van der Waals surface area contributed by atoms with Gasteiger partial charge in [0.25, 0.3) is 5.91 Å². The second-order valence-electron chi connectivity index (χ2n) is 6.51. The number of ketones is 1. The fourth-order valence-corrected chi connectivity index (χ4v) is 2.92. The van der Waals surface area contributed by atoms with E-state index in [4.69, 9.17) is 4.42 Å². The van der Waals surface area contributed by atoms with E-state index in [0.717, 1.165) is 11.3 Å². The van der Waals surface area contributed by atoms with Crippen LogP contribution in [-0.2, 0) is 4.79 Å². The van der Waals surface area contributed by atoms with Crippen molar-refractivity contribution >= 4 is 17.4 Å². The number of hydrogen-bond acceptors (Lipinski definition) is 3. The quantitative estimate of drug-likeness (QED) is 0.633. The molecule has 3 N–H and O–H groups in total. The molecule has 0 aliphatic heterocycles. The van der Waals surface area contributed by atoms with Gasteiger partial charge in [-0.15, -0.1) is 0 Å². The number of quaternary nitrogens is 1. The van der Waals surface area contributed by atoms with Crippen LogP contribution in [0.3, 0.4) is 0 Å². The Morgan fingerprint density at radius 3 is 2.26 bits per heavy atom. The van der Waals surface area contributed by atoms with Crippen molar-refractivity contribution in [2.45, 2.75) is 25.9 Å². The van der Waals surface area contributed by atoms with Crippen molar-refractivity contribution in [1.29, 1.82) is 0 Å². The largest absolute Gasteiger partial charge is 0.463 e. The zero-order valence-corrected chi connectivity index (χ0v) is 15.4. The Morgan fingerprint density at radius 2 is 1.67 bits per heavy atom. The van der Waals surface area contributed by atoms with Crippen LogP contribution in [0.5, 0.6) is 0 Å². The van der Waals surface area contributed by atoms with Gasteiger partial charge in [-0.1, -0.05) is 30.3 Å². The van der Waals surface area contributed by atoms with Gasteiger partial charge in [0.15, 0.2) is 23.6 Å². The van der Waals surface area contributed by atoms with Gasteiger partial charge in [0.2, 0.25) is 0 Å². The molecule has 2 aromatic carbocycles. The molecule has 0 saturated heterocycles. The predicted molar refractivity (Wildman–Crippen MR) is 103 cm³/mol. The normalized spacial score (nSPS) is 13.0. The Hall–Kier alpha value is -3.18. The second kappa shape index (κ2) is 8.47. The van der Waals surface area contributed by atoms with Gasteiger partial charge in [0.05, 0.1) is 6.26 Å². The topological polar surface area (TPSA) is 75.9 Å². The molecule has 0 radical (unpaired) electrons. The van der Waals surface area contributed by atoms with E-state index in [1.54, 1.807) is 30.5 Å². The lowest BCUT2D eigenvalue weighted by molar-refractivity contribution is -0.706. The van der Waals surface area contributed by atoms with Gasteiger partial charge in [-0.25, -0.2) is 0 Å². The minimum atomic E-state index is -0.340. The lowest BCUT2D eigenvalue weighted by Crippen LogP contribution is -2.92. The van der Waals surface area contributed by atoms with E-state index in [2.05, 4.69) is 5.32 Å². The van der Waals surface area contributed by atoms with Crippen molar-refractivity contribution in [1.82, 2.24) is 0 Å². The van der Waals surface area contributed by atoms with E-state index >= 15 is 0 Å². The number of hydrogen-bond donors (Lipinski definition) is 2. The number of amides is 1. The summed E-state index contributed by atoms with van der Waals surface area (Å²) in [7, 11) is 0. The summed E-state index contributed by atoms with van der Waals surface area (Å²) in [4.78, 5) is 24.0. The maximum absolute atomic E-state index is 12.6. The molecule has 0 bridgehead atoms. The van der Waals surface area contributed by atoms with E-state index in [9.17, 15) is 9.59 Å². The molecule has 0 saturated carbocycles. The Morgan fingerprint density at radius 1 is 0.963 bits per heavy atom. The molecule has 138 valence electrons. The zero-order chi connectivity index (χ0) is 19.2. The number of rotatable bonds is 7. The monoisotopic (exact) mass is 363 g/mol. The molecule has 0 fully saturated rings. The third-order valence-electron chi connectivity index (χ3n) is 4.46. The van der Waals surface area contributed by atoms with Crippen LogP contribution in [0.2, 0.25) is 0 Å². The van der Waals surface area contributed by atoms with Crippen LogP contribution in [0.4, 0.5) is 5.69 Å². The summed E-state index contributed by atoms with van der Waals surface area (Å²) >= 11 is 0. The van der Waals surface area contributed by atoms with Gasteiger partial charge < -0.3 is 15.1 Å². The summed E-state index contributed by atoms with van der Waals surface area (Å²) in [6.45, 7) is 3.38. The van der Waals surface area contributed by atoms with Gasteiger partial charge in [0.1, 0.15) is 0 Å². The number of nitrogens with one attached hydrogen (secondary N) is 1. The first-order valence-electron chi connectivity index (χ1n) is 8.90. The van der Waals surface area contributed by atoms with Crippen LogP contribution >= 0.6 is 0 Å². The predicted octanol–water partition coefficient (Wildman–Crippen LogP) is 3.16. The highest BCUT2D eigenvalue weighted by Gasteiger charge is 2.26. The van der Waals surface area contributed by atoms with E-state index in [1.165, 1.54) is 6.92 Å². The van der Waals surface area contributed by atoms with Crippen LogP contribution in [0.1, 0.15) is 41.6 Å². The van der Waals surface area contributed by atoms with Gasteiger partial charge in [-0.2, -0.15) is 0 Å². The first kappa shape index (κ1) is 18.6. The van der Waals surface area contributed by atoms with Crippen molar-refractivity contribution in [2.24, 2.45) is 0 Å². The Kier molecular flexibility index (Phi) is 5.84. The molecule has 2 atom stereocenters. The Bertz CT molecular complexity index is 887. The molecule has 1 amide bonds. The number of carbonyl (C=O) groups excluding carboxylic acids is 2. The van der Waals surface area contributed by atoms with Gasteiger partial charge in [-0.3, -0.25) is 9.59 Å². The number of furan rings is 1. The van der Waals surface area contributed by atoms with Gasteiger partial charge in [0, 0.05) is 16.8 Å². The van der Waals surface area contributed by atoms with Crippen molar-refractivity contribution in [2.75, 3.05) is 5.32 Å². The van der Waals surface area contributed by atoms with Gasteiger partial charge >= 0.3 is 0 Å². The summed E-state index contributed by atoms with van der Waals surface area (Å²) in [6, 6.07) is 20.2. The number of nitrogens with two attached hydrogens (primary N) is 1. The number of benzene rings is 2. The lowest BCUT2D eigenvalue weighted by atomic mass is 10.0. The Balaban J connectivity index is 1.70. The molecule has 3 aromatic rings. The molecule has 3 rings (SSSR count). The van der Waals surface area contributed by atoms with Crippen LogP contribution < -0.4 is 10.6 Å². The molecular formula is C22H23N2O3+. The summed E-state index contributed by atoms with van der Waals surface area (Å²) in [5, 5.41) is 4.88. The standard InChI is InChI=1S/C22H22N2O3/c1-15(22(26)24-19-12-10-17(11-13-19)16(2)25)23-21(20-9-6-14-27-20)18-7-4-3-5-8-18/h3-15,21,23H,1-2H3,(H,24,26)/p+1/t15-,21-/m0/s1. The maximum atomic E-state index is 12.6. The van der Waals surface area contributed by atoms with E-state index < -0.39 is 0 Å². The molecule has 0 aliphatic carbocycles. The third-order valence-corrected chi connectivity index (χ3v) is 4.46. The molecule has 1 aromatic heterocycles. The minimum absolute atomic E-state index is 0.00118. The zero-order valence-electron chi connectivity index (χ0n) is 15.4. The van der Waals surface area contributed by atoms with Gasteiger partial charge in [-0.05, 0) is 50.2 Å². The van der Waals surface area contributed by atoms with Crippen molar-refractivity contribution in [3.63, 3.8) is 0 Å².